The van der Waals surface area contributed by atoms with Crippen LogP contribution in [0.5, 0.6) is 5.75 Å². The molecule has 0 unspecified atom stereocenters. The summed E-state index contributed by atoms with van der Waals surface area (Å²) in [5.41, 5.74) is 2.13. The van der Waals surface area contributed by atoms with Crippen LogP contribution in [0.3, 0.4) is 0 Å². The minimum Gasteiger partial charge on any atom is -0.492 e. The van der Waals surface area contributed by atoms with Gasteiger partial charge < -0.3 is 19.8 Å². The summed E-state index contributed by atoms with van der Waals surface area (Å²) < 4.78 is 50.1. The minimum absolute atomic E-state index is 0.150. The van der Waals surface area contributed by atoms with Crippen molar-refractivity contribution < 1.29 is 22.6 Å². The Morgan fingerprint density at radius 3 is 2.73 bits per heavy atom. The van der Waals surface area contributed by atoms with E-state index in [1.54, 1.807) is 0 Å². The zero-order chi connectivity index (χ0) is 16.2. The molecule has 1 aromatic rings. The van der Waals surface area contributed by atoms with Gasteiger partial charge in [-0.05, 0) is 32.3 Å². The van der Waals surface area contributed by atoms with Gasteiger partial charge in [0.25, 0.3) is 0 Å². The predicted molar refractivity (Wildman–Crippen MR) is 76.0 cm³/mol. The summed E-state index contributed by atoms with van der Waals surface area (Å²) in [6, 6.07) is 3.80. The highest BCUT2D eigenvalue weighted by Gasteiger charge is 2.35. The highest BCUT2D eigenvalue weighted by atomic mass is 19.4. The quantitative estimate of drug-likeness (QED) is 0.901. The summed E-state index contributed by atoms with van der Waals surface area (Å²) in [6.07, 6.45) is -4.51. The van der Waals surface area contributed by atoms with Gasteiger partial charge >= 0.3 is 6.18 Å². The summed E-state index contributed by atoms with van der Waals surface area (Å²) in [7, 11) is 3.64. The standard InChI is InChI=1S/C14H18F3N3O2/c1-20(2)6-8-21-12-4-3-10(9-11(12)14(15,16)17)13-19-18-5-7-22-13/h3-4,9,18H,5-8H2,1-2H3. The van der Waals surface area contributed by atoms with Gasteiger partial charge in [0.1, 0.15) is 19.0 Å². The van der Waals surface area contributed by atoms with Gasteiger partial charge in [0.2, 0.25) is 5.90 Å². The first kappa shape index (κ1) is 16.4. The third-order valence-corrected chi connectivity index (χ3v) is 2.96. The molecule has 0 aliphatic carbocycles. The zero-order valence-corrected chi connectivity index (χ0v) is 12.4. The summed E-state index contributed by atoms with van der Waals surface area (Å²) >= 11 is 0. The van der Waals surface area contributed by atoms with Crippen LogP contribution in [0, 0.1) is 0 Å². The van der Waals surface area contributed by atoms with Gasteiger partial charge in [-0.1, -0.05) is 0 Å². The molecular weight excluding hydrogens is 299 g/mol. The third-order valence-electron chi connectivity index (χ3n) is 2.96. The summed E-state index contributed by atoms with van der Waals surface area (Å²) in [5, 5.41) is 3.87. The molecule has 122 valence electrons. The second-order valence-electron chi connectivity index (χ2n) is 5.03. The fraction of sp³-hybridized carbons (Fsp3) is 0.500. The van der Waals surface area contributed by atoms with Crippen LogP contribution in [0.25, 0.3) is 0 Å². The van der Waals surface area contributed by atoms with E-state index in [2.05, 4.69) is 10.5 Å². The Morgan fingerprint density at radius 2 is 2.14 bits per heavy atom. The van der Waals surface area contributed by atoms with Crippen molar-refractivity contribution in [1.82, 2.24) is 10.3 Å². The number of alkyl halides is 3. The number of nitrogens with zero attached hydrogens (tertiary/aromatic N) is 2. The number of halogens is 3. The number of benzene rings is 1. The molecule has 0 atom stereocenters. The van der Waals surface area contributed by atoms with Crippen LogP contribution < -0.4 is 10.2 Å². The topological polar surface area (TPSA) is 46.1 Å². The molecule has 0 bridgehead atoms. The first-order valence-electron chi connectivity index (χ1n) is 6.80. The van der Waals surface area contributed by atoms with E-state index in [-0.39, 0.29) is 23.8 Å². The van der Waals surface area contributed by atoms with Gasteiger partial charge in [-0.15, -0.1) is 5.10 Å². The average molecular weight is 317 g/mol. The van der Waals surface area contributed by atoms with E-state index < -0.39 is 11.7 Å². The smallest absolute Gasteiger partial charge is 0.419 e. The maximum atomic E-state index is 13.2. The van der Waals surface area contributed by atoms with Crippen molar-refractivity contribution in [3.8, 4) is 5.75 Å². The van der Waals surface area contributed by atoms with Gasteiger partial charge in [-0.3, -0.25) is 0 Å². The molecule has 0 saturated heterocycles. The number of ether oxygens (including phenoxy) is 2. The minimum atomic E-state index is -4.51. The molecule has 0 aromatic heterocycles. The molecule has 2 rings (SSSR count). The number of hydrogen-bond acceptors (Lipinski definition) is 5. The Bertz CT molecular complexity index is 545. The normalized spacial score (nSPS) is 15.1. The van der Waals surface area contributed by atoms with Gasteiger partial charge in [-0.25, -0.2) is 0 Å². The lowest BCUT2D eigenvalue weighted by atomic mass is 10.1. The van der Waals surface area contributed by atoms with Gasteiger partial charge in [-0.2, -0.15) is 13.2 Å². The number of hydrogen-bond donors (Lipinski definition) is 1. The van der Waals surface area contributed by atoms with Crippen molar-refractivity contribution in [2.45, 2.75) is 6.18 Å². The van der Waals surface area contributed by atoms with Crippen LogP contribution in [0.15, 0.2) is 23.3 Å². The molecular formula is C14H18F3N3O2. The van der Waals surface area contributed by atoms with Crippen molar-refractivity contribution in [1.29, 1.82) is 0 Å². The zero-order valence-electron chi connectivity index (χ0n) is 12.4. The lowest BCUT2D eigenvalue weighted by Crippen LogP contribution is -2.26. The lowest BCUT2D eigenvalue weighted by molar-refractivity contribution is -0.139. The van der Waals surface area contributed by atoms with Crippen LogP contribution >= 0.6 is 0 Å². The molecule has 0 amide bonds. The van der Waals surface area contributed by atoms with E-state index in [4.69, 9.17) is 9.47 Å². The van der Waals surface area contributed by atoms with Gasteiger partial charge in [0.15, 0.2) is 0 Å². The van der Waals surface area contributed by atoms with Crippen molar-refractivity contribution in [3.63, 3.8) is 0 Å². The molecule has 5 nitrogen and oxygen atoms in total. The van der Waals surface area contributed by atoms with E-state index in [9.17, 15) is 13.2 Å². The summed E-state index contributed by atoms with van der Waals surface area (Å²) in [6.45, 7) is 1.59. The number of likely N-dealkylation sites (N-methyl/N-ethyl adjacent to an activating group) is 1. The highest BCUT2D eigenvalue weighted by Crippen LogP contribution is 2.37. The molecule has 8 heteroatoms. The van der Waals surface area contributed by atoms with E-state index in [1.807, 2.05) is 19.0 Å². The van der Waals surface area contributed by atoms with Gasteiger partial charge in [0.05, 0.1) is 12.1 Å². The molecule has 1 N–H and O–H groups in total. The Morgan fingerprint density at radius 1 is 1.36 bits per heavy atom. The average Bonchev–Trinajstić information content (AvgIpc) is 2.47. The Balaban J connectivity index is 2.24. The monoisotopic (exact) mass is 317 g/mol. The second-order valence-corrected chi connectivity index (χ2v) is 5.03. The molecule has 1 aliphatic heterocycles. The van der Waals surface area contributed by atoms with Crippen LogP contribution in [0.4, 0.5) is 13.2 Å². The molecule has 0 saturated carbocycles. The van der Waals surface area contributed by atoms with Gasteiger partial charge in [0, 0.05) is 12.1 Å². The SMILES string of the molecule is CN(C)CCOc1ccc(C2=NNCCO2)cc1C(F)(F)F. The second kappa shape index (κ2) is 6.87. The van der Waals surface area contributed by atoms with Crippen molar-refractivity contribution in [3.05, 3.63) is 29.3 Å². The molecule has 1 aliphatic rings. The van der Waals surface area contributed by atoms with Crippen LogP contribution in [-0.4, -0.2) is 51.2 Å². The maximum absolute atomic E-state index is 13.2. The van der Waals surface area contributed by atoms with Crippen LogP contribution in [0.1, 0.15) is 11.1 Å². The Labute approximate surface area is 126 Å². The maximum Gasteiger partial charge on any atom is 0.419 e. The molecule has 0 radical (unpaired) electrons. The summed E-state index contributed by atoms with van der Waals surface area (Å²) in [4.78, 5) is 1.83. The van der Waals surface area contributed by atoms with E-state index in [1.165, 1.54) is 12.1 Å². The largest absolute Gasteiger partial charge is 0.492 e. The number of rotatable bonds is 5. The summed E-state index contributed by atoms with van der Waals surface area (Å²) in [5.74, 6) is -0.0425. The molecule has 22 heavy (non-hydrogen) atoms. The predicted octanol–water partition coefficient (Wildman–Crippen LogP) is 1.93. The lowest BCUT2D eigenvalue weighted by Gasteiger charge is -2.18. The Kier molecular flexibility index (Phi) is 5.12. The van der Waals surface area contributed by atoms with Crippen LogP contribution in [-0.2, 0) is 10.9 Å². The fourth-order valence-electron chi connectivity index (χ4n) is 1.85. The first-order chi connectivity index (χ1) is 10.4. The van der Waals surface area contributed by atoms with Crippen molar-refractivity contribution in [2.24, 2.45) is 5.10 Å². The number of hydrazone groups is 1. The molecule has 0 fully saturated rings. The first-order valence-corrected chi connectivity index (χ1v) is 6.80. The van der Waals surface area contributed by atoms with E-state index in [0.717, 1.165) is 6.07 Å². The molecule has 1 aromatic carbocycles. The van der Waals surface area contributed by atoms with E-state index in [0.29, 0.717) is 19.7 Å². The fourth-order valence-corrected chi connectivity index (χ4v) is 1.85. The van der Waals surface area contributed by atoms with Crippen LogP contribution in [0.2, 0.25) is 0 Å². The van der Waals surface area contributed by atoms with Crippen molar-refractivity contribution >= 4 is 5.90 Å². The van der Waals surface area contributed by atoms with Crippen molar-refractivity contribution in [2.75, 3.05) is 40.4 Å². The van der Waals surface area contributed by atoms with E-state index >= 15 is 0 Å². The Hall–Kier alpha value is -1.96. The number of nitrogens with one attached hydrogen (secondary N) is 1. The molecule has 0 spiro atoms. The molecule has 1 heterocycles. The highest BCUT2D eigenvalue weighted by molar-refractivity contribution is 5.94. The third kappa shape index (κ3) is 4.27.